The molecule has 0 saturated heterocycles. The van der Waals surface area contributed by atoms with Crippen molar-refractivity contribution in [3.05, 3.63) is 53.8 Å². The van der Waals surface area contributed by atoms with Crippen LogP contribution in [0, 0.1) is 6.42 Å². The fraction of sp³-hybridized carbons (Fsp3) is 0.0833. The Labute approximate surface area is 82.5 Å². The maximum absolute atomic E-state index is 3.89. The van der Waals surface area contributed by atoms with E-state index in [9.17, 15) is 0 Å². The molecule has 0 aliphatic carbocycles. The maximum Gasteiger partial charge on any atom is 0.0345 e. The number of rotatable bonds is 2. The van der Waals surface area contributed by atoms with Gasteiger partial charge in [0.1, 0.15) is 0 Å². The third-order valence-electron chi connectivity index (χ3n) is 1.91. The highest BCUT2D eigenvalue weighted by molar-refractivity contribution is 7.17. The topological polar surface area (TPSA) is 0 Å². The first kappa shape index (κ1) is 8.52. The molecular weight excluding hydrogens is 176 g/mol. The summed E-state index contributed by atoms with van der Waals surface area (Å²) in [6, 6.07) is 8.45. The van der Waals surface area contributed by atoms with Gasteiger partial charge in [0.25, 0.3) is 0 Å². The zero-order chi connectivity index (χ0) is 9.26. The molecule has 0 fully saturated rings. The number of benzene rings is 1. The second kappa shape index (κ2) is 3.35. The average molecular weight is 187 g/mol. The minimum Gasteiger partial charge on any atom is -0.143 e. The van der Waals surface area contributed by atoms with Crippen LogP contribution in [-0.2, 0) is 0 Å². The average Bonchev–Trinajstić information content (AvgIpc) is 2.48. The standard InChI is InChI=1S/C12H11S/c1-9(2)7-10-8-13-12-6-4-3-5-11(10)12/h3-8H,1H2,2H3. The molecule has 0 N–H and O–H groups in total. The summed E-state index contributed by atoms with van der Waals surface area (Å²) in [5, 5.41) is 3.51. The first-order valence-corrected chi connectivity index (χ1v) is 5.12. The van der Waals surface area contributed by atoms with Gasteiger partial charge in [-0.15, -0.1) is 11.3 Å². The lowest BCUT2D eigenvalue weighted by Gasteiger charge is -1.96. The third kappa shape index (κ3) is 1.65. The van der Waals surface area contributed by atoms with Gasteiger partial charge < -0.3 is 0 Å². The minimum absolute atomic E-state index is 1.10. The van der Waals surface area contributed by atoms with Crippen molar-refractivity contribution in [3.63, 3.8) is 0 Å². The van der Waals surface area contributed by atoms with Gasteiger partial charge in [-0.05, 0) is 29.3 Å². The summed E-state index contributed by atoms with van der Waals surface area (Å²) >= 11 is 1.78. The fourth-order valence-corrected chi connectivity index (χ4v) is 2.29. The molecule has 65 valence electrons. The Morgan fingerprint density at radius 2 is 2.15 bits per heavy atom. The Bertz CT molecular complexity index is 437. The first-order chi connectivity index (χ1) is 6.27. The molecule has 1 heterocycles. The quantitative estimate of drug-likeness (QED) is 0.666. The van der Waals surface area contributed by atoms with Crippen molar-refractivity contribution < 1.29 is 0 Å². The highest BCUT2D eigenvalue weighted by Crippen LogP contribution is 2.27. The van der Waals surface area contributed by atoms with Gasteiger partial charge >= 0.3 is 0 Å². The van der Waals surface area contributed by atoms with E-state index in [-0.39, 0.29) is 0 Å². The van der Waals surface area contributed by atoms with E-state index in [0.29, 0.717) is 0 Å². The van der Waals surface area contributed by atoms with Crippen LogP contribution in [0.3, 0.4) is 0 Å². The zero-order valence-electron chi connectivity index (χ0n) is 7.58. The molecule has 1 aromatic carbocycles. The van der Waals surface area contributed by atoms with Gasteiger partial charge in [0.2, 0.25) is 0 Å². The lowest BCUT2D eigenvalue weighted by molar-refractivity contribution is 1.43. The van der Waals surface area contributed by atoms with Crippen LogP contribution in [0.25, 0.3) is 10.1 Å². The van der Waals surface area contributed by atoms with Crippen LogP contribution in [0.1, 0.15) is 12.5 Å². The van der Waals surface area contributed by atoms with Crippen molar-refractivity contribution in [2.45, 2.75) is 6.92 Å². The number of hydrogen-bond donors (Lipinski definition) is 0. The summed E-state index contributed by atoms with van der Waals surface area (Å²) in [6.07, 6.45) is 2.12. The summed E-state index contributed by atoms with van der Waals surface area (Å²) < 4.78 is 1.34. The van der Waals surface area contributed by atoms with Crippen LogP contribution in [0.15, 0.2) is 41.8 Å². The van der Waals surface area contributed by atoms with Gasteiger partial charge in [0, 0.05) is 11.1 Å². The van der Waals surface area contributed by atoms with Gasteiger partial charge in [-0.1, -0.05) is 30.4 Å². The van der Waals surface area contributed by atoms with Gasteiger partial charge in [-0.3, -0.25) is 0 Å². The predicted molar refractivity (Wildman–Crippen MR) is 60.0 cm³/mol. The van der Waals surface area contributed by atoms with Crippen molar-refractivity contribution in [2.75, 3.05) is 0 Å². The van der Waals surface area contributed by atoms with Crippen LogP contribution < -0.4 is 0 Å². The highest BCUT2D eigenvalue weighted by Gasteiger charge is 2.02. The summed E-state index contributed by atoms with van der Waals surface area (Å²) in [6.45, 7) is 5.91. The van der Waals surface area contributed by atoms with Crippen molar-refractivity contribution in [2.24, 2.45) is 0 Å². The van der Waals surface area contributed by atoms with E-state index >= 15 is 0 Å². The van der Waals surface area contributed by atoms with E-state index in [0.717, 1.165) is 5.57 Å². The molecule has 0 bridgehead atoms. The Kier molecular flexibility index (Phi) is 2.19. The number of hydrogen-bond acceptors (Lipinski definition) is 1. The molecule has 13 heavy (non-hydrogen) atoms. The monoisotopic (exact) mass is 187 g/mol. The van der Waals surface area contributed by atoms with Gasteiger partial charge in [-0.2, -0.15) is 0 Å². The Morgan fingerprint density at radius 1 is 1.38 bits per heavy atom. The van der Waals surface area contributed by atoms with E-state index in [1.807, 2.05) is 6.92 Å². The normalized spacial score (nSPS) is 10.5. The van der Waals surface area contributed by atoms with Crippen molar-refractivity contribution in [1.82, 2.24) is 0 Å². The van der Waals surface area contributed by atoms with Crippen LogP contribution in [-0.4, -0.2) is 0 Å². The second-order valence-corrected chi connectivity index (χ2v) is 4.09. The van der Waals surface area contributed by atoms with E-state index in [4.69, 9.17) is 0 Å². The van der Waals surface area contributed by atoms with E-state index in [1.54, 1.807) is 11.3 Å². The smallest absolute Gasteiger partial charge is 0.0345 e. The molecule has 0 saturated carbocycles. The number of allylic oxidation sites excluding steroid dienone is 1. The molecule has 0 atom stereocenters. The molecule has 2 aromatic rings. The fourth-order valence-electron chi connectivity index (χ4n) is 1.38. The summed E-state index contributed by atoms with van der Waals surface area (Å²) in [5.74, 6) is 0. The molecule has 1 heteroatoms. The van der Waals surface area contributed by atoms with Crippen LogP contribution in [0.4, 0.5) is 0 Å². The van der Waals surface area contributed by atoms with E-state index in [1.165, 1.54) is 15.6 Å². The maximum atomic E-state index is 3.89. The van der Waals surface area contributed by atoms with Crippen LogP contribution in [0.5, 0.6) is 0 Å². The van der Waals surface area contributed by atoms with Crippen LogP contribution in [0.2, 0.25) is 0 Å². The molecule has 1 aromatic heterocycles. The lowest BCUT2D eigenvalue weighted by Crippen LogP contribution is -1.78. The van der Waals surface area contributed by atoms with E-state index in [2.05, 4.69) is 42.6 Å². The minimum atomic E-state index is 1.10. The largest absolute Gasteiger partial charge is 0.143 e. The van der Waals surface area contributed by atoms with Gasteiger partial charge in [0.05, 0.1) is 0 Å². The Balaban J connectivity index is 2.51. The Hall–Kier alpha value is -1.08. The van der Waals surface area contributed by atoms with Gasteiger partial charge in [0.15, 0.2) is 0 Å². The van der Waals surface area contributed by atoms with Crippen molar-refractivity contribution in [1.29, 1.82) is 0 Å². The second-order valence-electron chi connectivity index (χ2n) is 3.18. The van der Waals surface area contributed by atoms with Crippen molar-refractivity contribution in [3.8, 4) is 0 Å². The molecule has 1 radical (unpaired) electrons. The van der Waals surface area contributed by atoms with Crippen LogP contribution >= 0.6 is 11.3 Å². The molecule has 0 aliphatic heterocycles. The Morgan fingerprint density at radius 3 is 2.92 bits per heavy atom. The summed E-state index contributed by atoms with van der Waals surface area (Å²) in [5.41, 5.74) is 2.39. The number of thiophene rings is 1. The van der Waals surface area contributed by atoms with Gasteiger partial charge in [-0.25, -0.2) is 0 Å². The van der Waals surface area contributed by atoms with E-state index < -0.39 is 0 Å². The summed E-state index contributed by atoms with van der Waals surface area (Å²) in [4.78, 5) is 0. The predicted octanol–water partition coefficient (Wildman–Crippen LogP) is 4.03. The molecule has 0 unspecified atom stereocenters. The summed E-state index contributed by atoms with van der Waals surface area (Å²) in [7, 11) is 0. The molecule has 2 rings (SSSR count). The third-order valence-corrected chi connectivity index (χ3v) is 2.89. The van der Waals surface area contributed by atoms with Crippen molar-refractivity contribution >= 4 is 21.4 Å². The molecular formula is C12H11S. The highest BCUT2D eigenvalue weighted by atomic mass is 32.1. The molecule has 0 aliphatic rings. The molecule has 0 spiro atoms. The molecule has 0 amide bonds. The SMILES string of the molecule is C=C(C)[CH]c1csc2ccccc12. The first-order valence-electron chi connectivity index (χ1n) is 4.24. The zero-order valence-corrected chi connectivity index (χ0v) is 8.40. The molecule has 0 nitrogen and oxygen atoms in total. The lowest BCUT2D eigenvalue weighted by atomic mass is 10.1. The number of fused-ring (bicyclic) bond motifs is 1.